The Kier molecular flexibility index (Phi) is 5.86. The van der Waals surface area contributed by atoms with Crippen LogP contribution in [0.4, 0.5) is 5.69 Å². The second-order valence-corrected chi connectivity index (χ2v) is 7.89. The number of methoxy groups -OCH3 is 1. The number of carbonyl (C=O) groups is 3. The molecule has 1 aliphatic carbocycles. The van der Waals surface area contributed by atoms with Crippen LogP contribution in [0, 0.1) is 5.92 Å². The van der Waals surface area contributed by atoms with Crippen molar-refractivity contribution in [2.45, 2.75) is 26.3 Å². The summed E-state index contributed by atoms with van der Waals surface area (Å²) in [7, 11) is 1.33. The summed E-state index contributed by atoms with van der Waals surface area (Å²) in [5.41, 5.74) is 2.81. The molecule has 0 radical (unpaired) electrons. The molecule has 1 aliphatic rings. The second-order valence-electron chi connectivity index (χ2n) is 7.89. The molecular formula is C24H25N3O4. The van der Waals surface area contributed by atoms with Gasteiger partial charge in [0.15, 0.2) is 0 Å². The van der Waals surface area contributed by atoms with Gasteiger partial charge in [-0.1, -0.05) is 18.2 Å². The number of aromatic nitrogens is 1. The number of fused-ring (bicyclic) bond motifs is 1. The van der Waals surface area contributed by atoms with E-state index in [1.54, 1.807) is 24.4 Å². The number of hydrogen-bond acceptors (Lipinski definition) is 5. The summed E-state index contributed by atoms with van der Waals surface area (Å²) in [5, 5.41) is 6.95. The van der Waals surface area contributed by atoms with E-state index < -0.39 is 5.97 Å². The van der Waals surface area contributed by atoms with Gasteiger partial charge in [-0.25, -0.2) is 4.79 Å². The van der Waals surface area contributed by atoms with E-state index in [4.69, 9.17) is 4.74 Å². The SMILES string of the molecule is COC(=O)c1cc(CNCC2CC2)cc(NC(=O)c2cn(C(C)=O)c3ccccc23)c1. The number of esters is 1. The number of ether oxygens (including phenoxy) is 1. The molecule has 1 fully saturated rings. The fraction of sp³-hybridized carbons (Fsp3) is 0.292. The van der Waals surface area contributed by atoms with Crippen LogP contribution >= 0.6 is 0 Å². The Labute approximate surface area is 180 Å². The minimum atomic E-state index is -0.465. The molecule has 0 saturated heterocycles. The van der Waals surface area contributed by atoms with Crippen LogP contribution in [0.5, 0.6) is 0 Å². The maximum atomic E-state index is 13.1. The first-order valence-electron chi connectivity index (χ1n) is 10.3. The molecule has 0 aliphatic heterocycles. The Bertz CT molecular complexity index is 1160. The van der Waals surface area contributed by atoms with E-state index in [1.807, 2.05) is 24.3 Å². The molecule has 0 atom stereocenters. The monoisotopic (exact) mass is 419 g/mol. The third-order valence-electron chi connectivity index (χ3n) is 5.43. The second kappa shape index (κ2) is 8.73. The average Bonchev–Trinajstić information content (AvgIpc) is 3.50. The number of nitrogens with zero attached hydrogens (tertiary/aromatic N) is 1. The Morgan fingerprint density at radius 1 is 1.13 bits per heavy atom. The van der Waals surface area contributed by atoms with Gasteiger partial charge in [-0.3, -0.25) is 14.2 Å². The highest BCUT2D eigenvalue weighted by atomic mass is 16.5. The molecule has 2 N–H and O–H groups in total. The molecule has 1 amide bonds. The number of amides is 1. The van der Waals surface area contributed by atoms with Crippen molar-refractivity contribution in [3.8, 4) is 0 Å². The zero-order chi connectivity index (χ0) is 22.0. The van der Waals surface area contributed by atoms with Gasteiger partial charge in [0, 0.05) is 30.7 Å². The number of nitrogens with one attached hydrogen (secondary N) is 2. The number of hydrogen-bond donors (Lipinski definition) is 2. The summed E-state index contributed by atoms with van der Waals surface area (Å²) in [6.45, 7) is 2.98. The molecule has 160 valence electrons. The lowest BCUT2D eigenvalue weighted by Gasteiger charge is -2.11. The van der Waals surface area contributed by atoms with Crippen molar-refractivity contribution in [2.75, 3.05) is 19.0 Å². The van der Waals surface area contributed by atoms with Crippen LogP contribution < -0.4 is 10.6 Å². The maximum Gasteiger partial charge on any atom is 0.337 e. The minimum absolute atomic E-state index is 0.174. The summed E-state index contributed by atoms with van der Waals surface area (Å²) in [5.74, 6) is -0.253. The Balaban J connectivity index is 1.61. The maximum absolute atomic E-state index is 13.1. The molecule has 4 rings (SSSR count). The van der Waals surface area contributed by atoms with Crippen molar-refractivity contribution < 1.29 is 19.1 Å². The zero-order valence-corrected chi connectivity index (χ0v) is 17.6. The van der Waals surface area contributed by atoms with Gasteiger partial charge < -0.3 is 15.4 Å². The molecule has 0 bridgehead atoms. The summed E-state index contributed by atoms with van der Waals surface area (Å²) < 4.78 is 6.32. The van der Waals surface area contributed by atoms with Crippen molar-refractivity contribution >= 4 is 34.4 Å². The Morgan fingerprint density at radius 2 is 1.90 bits per heavy atom. The number of para-hydroxylation sites is 1. The fourth-order valence-electron chi connectivity index (χ4n) is 3.66. The Morgan fingerprint density at radius 3 is 2.61 bits per heavy atom. The first-order chi connectivity index (χ1) is 15.0. The van der Waals surface area contributed by atoms with Gasteiger partial charge in [0.05, 0.1) is 23.8 Å². The lowest BCUT2D eigenvalue weighted by Crippen LogP contribution is -2.17. The highest BCUT2D eigenvalue weighted by Gasteiger charge is 2.21. The molecule has 1 aromatic heterocycles. The third kappa shape index (κ3) is 4.67. The van der Waals surface area contributed by atoms with Crippen LogP contribution in [0.25, 0.3) is 10.9 Å². The Hall–Kier alpha value is -3.45. The number of anilines is 1. The van der Waals surface area contributed by atoms with Crippen molar-refractivity contribution in [1.29, 1.82) is 0 Å². The highest BCUT2D eigenvalue weighted by Crippen LogP contribution is 2.28. The molecule has 1 heterocycles. The van der Waals surface area contributed by atoms with E-state index in [-0.39, 0.29) is 11.8 Å². The quantitative estimate of drug-likeness (QED) is 0.568. The predicted octanol–water partition coefficient (Wildman–Crippen LogP) is 3.84. The van der Waals surface area contributed by atoms with Crippen molar-refractivity contribution in [1.82, 2.24) is 9.88 Å². The molecule has 7 heteroatoms. The van der Waals surface area contributed by atoms with E-state index in [1.165, 1.54) is 31.4 Å². The zero-order valence-electron chi connectivity index (χ0n) is 17.6. The van der Waals surface area contributed by atoms with Crippen LogP contribution in [-0.2, 0) is 11.3 Å². The van der Waals surface area contributed by atoms with Gasteiger partial charge in [-0.15, -0.1) is 0 Å². The number of rotatable bonds is 7. The van der Waals surface area contributed by atoms with Crippen LogP contribution in [-0.4, -0.2) is 36.0 Å². The van der Waals surface area contributed by atoms with Crippen molar-refractivity contribution in [3.63, 3.8) is 0 Å². The summed E-state index contributed by atoms with van der Waals surface area (Å²) >= 11 is 0. The molecular weight excluding hydrogens is 394 g/mol. The topological polar surface area (TPSA) is 89.4 Å². The molecule has 2 aromatic carbocycles. The van der Waals surface area contributed by atoms with Crippen LogP contribution in [0.15, 0.2) is 48.7 Å². The van der Waals surface area contributed by atoms with E-state index in [0.717, 1.165) is 18.0 Å². The van der Waals surface area contributed by atoms with E-state index in [0.29, 0.717) is 34.3 Å². The van der Waals surface area contributed by atoms with Crippen LogP contribution in [0.1, 0.15) is 50.8 Å². The highest BCUT2D eigenvalue weighted by molar-refractivity contribution is 6.14. The van der Waals surface area contributed by atoms with Gasteiger partial charge in [-0.05, 0) is 55.1 Å². The normalized spacial score (nSPS) is 13.2. The standard InChI is InChI=1S/C24H25N3O4/c1-15(28)27-14-21(20-5-3-4-6-22(20)27)23(29)26-19-10-17(13-25-12-16-7-8-16)9-18(11-19)24(30)31-2/h3-6,9-11,14,16,25H,7-8,12-13H2,1-2H3,(H,26,29). The largest absolute Gasteiger partial charge is 0.465 e. The van der Waals surface area contributed by atoms with Crippen LogP contribution in [0.3, 0.4) is 0 Å². The molecule has 1 saturated carbocycles. The number of benzene rings is 2. The van der Waals surface area contributed by atoms with Crippen LogP contribution in [0.2, 0.25) is 0 Å². The lowest BCUT2D eigenvalue weighted by molar-refractivity contribution is 0.0600. The van der Waals surface area contributed by atoms with Gasteiger partial charge in [-0.2, -0.15) is 0 Å². The van der Waals surface area contributed by atoms with Crippen molar-refractivity contribution in [2.24, 2.45) is 5.92 Å². The summed E-state index contributed by atoms with van der Waals surface area (Å²) in [4.78, 5) is 37.2. The predicted molar refractivity (Wildman–Crippen MR) is 118 cm³/mol. The fourth-order valence-corrected chi connectivity index (χ4v) is 3.66. The molecule has 3 aromatic rings. The van der Waals surface area contributed by atoms with Gasteiger partial charge in [0.25, 0.3) is 5.91 Å². The molecule has 31 heavy (non-hydrogen) atoms. The average molecular weight is 419 g/mol. The summed E-state index contributed by atoms with van der Waals surface area (Å²) in [6.07, 6.45) is 4.05. The van der Waals surface area contributed by atoms with E-state index in [2.05, 4.69) is 10.6 Å². The summed E-state index contributed by atoms with van der Waals surface area (Å²) in [6, 6.07) is 12.5. The lowest BCUT2D eigenvalue weighted by atomic mass is 10.1. The first kappa shape index (κ1) is 20.8. The molecule has 0 unspecified atom stereocenters. The smallest absolute Gasteiger partial charge is 0.337 e. The van der Waals surface area contributed by atoms with Crippen molar-refractivity contribution in [3.05, 3.63) is 65.4 Å². The molecule has 7 nitrogen and oxygen atoms in total. The minimum Gasteiger partial charge on any atom is -0.465 e. The van der Waals surface area contributed by atoms with Gasteiger partial charge in [0.1, 0.15) is 0 Å². The first-order valence-corrected chi connectivity index (χ1v) is 10.3. The van der Waals surface area contributed by atoms with E-state index >= 15 is 0 Å². The van der Waals surface area contributed by atoms with Gasteiger partial charge in [0.2, 0.25) is 5.91 Å². The van der Waals surface area contributed by atoms with E-state index in [9.17, 15) is 14.4 Å². The third-order valence-corrected chi connectivity index (χ3v) is 5.43. The molecule has 0 spiro atoms. The number of carbonyl (C=O) groups excluding carboxylic acids is 3. The van der Waals surface area contributed by atoms with Gasteiger partial charge >= 0.3 is 5.97 Å².